The number of nitrogens with zero attached hydrogens (tertiary/aromatic N) is 3. The Kier molecular flexibility index (Phi) is 4.14. The SMILES string of the molecule is N#CC(c1ccccc1Cl)N1CCN(C(=O)C2CC2)CC1. The van der Waals surface area contributed by atoms with Gasteiger partial charge in [-0.05, 0) is 18.9 Å². The van der Waals surface area contributed by atoms with Crippen molar-refractivity contribution in [3.05, 3.63) is 34.9 Å². The summed E-state index contributed by atoms with van der Waals surface area (Å²) >= 11 is 6.20. The molecule has 0 bridgehead atoms. The molecule has 110 valence electrons. The molecule has 1 atom stereocenters. The maximum Gasteiger partial charge on any atom is 0.225 e. The Labute approximate surface area is 129 Å². The molecule has 1 amide bonds. The Morgan fingerprint density at radius 2 is 1.90 bits per heavy atom. The smallest absolute Gasteiger partial charge is 0.225 e. The van der Waals surface area contributed by atoms with Crippen molar-refractivity contribution < 1.29 is 4.79 Å². The highest BCUT2D eigenvalue weighted by atomic mass is 35.5. The van der Waals surface area contributed by atoms with Gasteiger partial charge < -0.3 is 4.90 Å². The summed E-state index contributed by atoms with van der Waals surface area (Å²) in [5.74, 6) is 0.563. The lowest BCUT2D eigenvalue weighted by Gasteiger charge is -2.37. The van der Waals surface area contributed by atoms with Crippen LogP contribution in [0.3, 0.4) is 0 Å². The molecule has 1 aromatic rings. The van der Waals surface area contributed by atoms with Gasteiger partial charge in [-0.15, -0.1) is 0 Å². The first kappa shape index (κ1) is 14.4. The maximum atomic E-state index is 12.1. The van der Waals surface area contributed by atoms with Crippen LogP contribution in [0.4, 0.5) is 0 Å². The second-order valence-electron chi connectivity index (χ2n) is 5.69. The number of amides is 1. The largest absolute Gasteiger partial charge is 0.340 e. The van der Waals surface area contributed by atoms with Gasteiger partial charge in [-0.2, -0.15) is 5.26 Å². The first-order valence-corrected chi connectivity index (χ1v) is 7.75. The van der Waals surface area contributed by atoms with Crippen LogP contribution < -0.4 is 0 Å². The minimum atomic E-state index is -0.336. The molecule has 1 aliphatic heterocycles. The summed E-state index contributed by atoms with van der Waals surface area (Å²) in [6.07, 6.45) is 2.08. The number of piperazine rings is 1. The van der Waals surface area contributed by atoms with E-state index in [9.17, 15) is 10.1 Å². The van der Waals surface area contributed by atoms with Crippen LogP contribution in [0.25, 0.3) is 0 Å². The molecule has 1 aromatic carbocycles. The van der Waals surface area contributed by atoms with Crippen LogP contribution in [0.15, 0.2) is 24.3 Å². The molecule has 0 spiro atoms. The number of rotatable bonds is 3. The number of carbonyl (C=O) groups excluding carboxylic acids is 1. The average molecular weight is 304 g/mol. The summed E-state index contributed by atoms with van der Waals surface area (Å²) in [5, 5.41) is 10.1. The van der Waals surface area contributed by atoms with Gasteiger partial charge in [-0.25, -0.2) is 0 Å². The van der Waals surface area contributed by atoms with E-state index < -0.39 is 0 Å². The zero-order valence-electron chi connectivity index (χ0n) is 11.8. The van der Waals surface area contributed by atoms with Crippen LogP contribution in [-0.2, 0) is 4.79 Å². The summed E-state index contributed by atoms with van der Waals surface area (Å²) in [5.41, 5.74) is 0.851. The van der Waals surface area contributed by atoms with Crippen molar-refractivity contribution in [1.82, 2.24) is 9.80 Å². The van der Waals surface area contributed by atoms with Gasteiger partial charge in [0.15, 0.2) is 0 Å². The third-order valence-corrected chi connectivity index (χ3v) is 4.58. The fourth-order valence-corrected chi connectivity index (χ4v) is 3.07. The minimum absolute atomic E-state index is 0.270. The maximum absolute atomic E-state index is 12.1. The highest BCUT2D eigenvalue weighted by molar-refractivity contribution is 6.31. The number of hydrogen-bond donors (Lipinski definition) is 0. The van der Waals surface area contributed by atoms with E-state index in [0.29, 0.717) is 24.0 Å². The van der Waals surface area contributed by atoms with Crippen LogP contribution in [0.2, 0.25) is 5.02 Å². The third-order valence-electron chi connectivity index (χ3n) is 4.24. The van der Waals surface area contributed by atoms with Crippen LogP contribution in [0, 0.1) is 17.2 Å². The average Bonchev–Trinajstić information content (AvgIpc) is 3.35. The molecule has 1 unspecified atom stereocenters. The van der Waals surface area contributed by atoms with Crippen molar-refractivity contribution in [2.24, 2.45) is 5.92 Å². The standard InChI is InChI=1S/C16H18ClN3O/c17-14-4-2-1-3-13(14)15(11-18)19-7-9-20(10-8-19)16(21)12-5-6-12/h1-4,12,15H,5-10H2. The van der Waals surface area contributed by atoms with Crippen molar-refractivity contribution in [3.63, 3.8) is 0 Å². The van der Waals surface area contributed by atoms with Gasteiger partial charge in [0.25, 0.3) is 0 Å². The summed E-state index contributed by atoms with van der Waals surface area (Å²) in [6.45, 7) is 2.86. The summed E-state index contributed by atoms with van der Waals surface area (Å²) in [4.78, 5) is 16.1. The van der Waals surface area contributed by atoms with Gasteiger partial charge in [0.05, 0.1) is 6.07 Å². The second kappa shape index (κ2) is 6.05. The Hall–Kier alpha value is -1.57. The fourth-order valence-electron chi connectivity index (χ4n) is 2.83. The zero-order valence-corrected chi connectivity index (χ0v) is 12.6. The van der Waals surface area contributed by atoms with E-state index in [0.717, 1.165) is 31.5 Å². The van der Waals surface area contributed by atoms with E-state index in [4.69, 9.17) is 11.6 Å². The Balaban J connectivity index is 1.66. The number of hydrogen-bond acceptors (Lipinski definition) is 3. The molecule has 1 saturated carbocycles. The highest BCUT2D eigenvalue weighted by Crippen LogP contribution is 2.32. The number of benzene rings is 1. The molecule has 1 aliphatic carbocycles. The molecular weight excluding hydrogens is 286 g/mol. The van der Waals surface area contributed by atoms with Crippen molar-refractivity contribution >= 4 is 17.5 Å². The molecule has 5 heteroatoms. The summed E-state index contributed by atoms with van der Waals surface area (Å²) in [6, 6.07) is 9.49. The molecule has 0 N–H and O–H groups in total. The Morgan fingerprint density at radius 3 is 2.48 bits per heavy atom. The van der Waals surface area contributed by atoms with Gasteiger partial charge >= 0.3 is 0 Å². The molecule has 4 nitrogen and oxygen atoms in total. The predicted molar refractivity (Wildman–Crippen MR) is 80.7 cm³/mol. The van der Waals surface area contributed by atoms with Crippen molar-refractivity contribution in [2.45, 2.75) is 18.9 Å². The van der Waals surface area contributed by atoms with E-state index in [2.05, 4.69) is 11.0 Å². The molecule has 1 saturated heterocycles. The molecule has 2 fully saturated rings. The number of nitriles is 1. The van der Waals surface area contributed by atoms with E-state index in [-0.39, 0.29) is 12.0 Å². The minimum Gasteiger partial charge on any atom is -0.340 e. The molecule has 3 rings (SSSR count). The zero-order chi connectivity index (χ0) is 14.8. The lowest BCUT2D eigenvalue weighted by molar-refractivity contribution is -0.134. The Morgan fingerprint density at radius 1 is 1.24 bits per heavy atom. The lowest BCUT2D eigenvalue weighted by atomic mass is 10.1. The first-order valence-electron chi connectivity index (χ1n) is 7.37. The molecule has 0 radical (unpaired) electrons. The molecule has 2 aliphatic rings. The predicted octanol–water partition coefficient (Wildman–Crippen LogP) is 2.46. The van der Waals surface area contributed by atoms with Crippen LogP contribution >= 0.6 is 11.6 Å². The van der Waals surface area contributed by atoms with Gasteiger partial charge in [0, 0.05) is 42.7 Å². The monoisotopic (exact) mass is 303 g/mol. The summed E-state index contributed by atoms with van der Waals surface area (Å²) in [7, 11) is 0. The first-order chi connectivity index (χ1) is 10.2. The fraction of sp³-hybridized carbons (Fsp3) is 0.500. The van der Waals surface area contributed by atoms with Crippen LogP contribution in [0.1, 0.15) is 24.4 Å². The van der Waals surface area contributed by atoms with E-state index in [1.54, 1.807) is 0 Å². The van der Waals surface area contributed by atoms with Crippen molar-refractivity contribution in [2.75, 3.05) is 26.2 Å². The normalized spacial score (nSPS) is 20.9. The topological polar surface area (TPSA) is 47.3 Å². The molecule has 21 heavy (non-hydrogen) atoms. The molecule has 0 aromatic heterocycles. The molecular formula is C16H18ClN3O. The second-order valence-corrected chi connectivity index (χ2v) is 6.10. The molecule has 1 heterocycles. The van der Waals surface area contributed by atoms with Gasteiger partial charge in [0.2, 0.25) is 5.91 Å². The van der Waals surface area contributed by atoms with Crippen molar-refractivity contribution in [1.29, 1.82) is 5.26 Å². The van der Waals surface area contributed by atoms with E-state index in [1.807, 2.05) is 29.2 Å². The van der Waals surface area contributed by atoms with E-state index in [1.165, 1.54) is 0 Å². The summed E-state index contributed by atoms with van der Waals surface area (Å²) < 4.78 is 0. The number of halogens is 1. The number of carbonyl (C=O) groups is 1. The van der Waals surface area contributed by atoms with Gasteiger partial charge in [-0.1, -0.05) is 29.8 Å². The van der Waals surface area contributed by atoms with Gasteiger partial charge in [0.1, 0.15) is 6.04 Å². The van der Waals surface area contributed by atoms with Crippen LogP contribution in [0.5, 0.6) is 0 Å². The van der Waals surface area contributed by atoms with Crippen molar-refractivity contribution in [3.8, 4) is 6.07 Å². The van der Waals surface area contributed by atoms with Crippen LogP contribution in [-0.4, -0.2) is 41.9 Å². The highest BCUT2D eigenvalue weighted by Gasteiger charge is 2.35. The Bertz CT molecular complexity index is 571. The quantitative estimate of drug-likeness (QED) is 0.862. The van der Waals surface area contributed by atoms with Gasteiger partial charge in [-0.3, -0.25) is 9.69 Å². The van der Waals surface area contributed by atoms with E-state index >= 15 is 0 Å². The third kappa shape index (κ3) is 3.04. The lowest BCUT2D eigenvalue weighted by Crippen LogP contribution is -2.50.